The van der Waals surface area contributed by atoms with Crippen LogP contribution in [0.1, 0.15) is 12.0 Å². The van der Waals surface area contributed by atoms with E-state index in [1.807, 2.05) is 76.2 Å². The standard InChI is InChI=1S/C28H25NOS4/c1-22-12-11-13-23(20-22)29-27(30-24-14-5-2-6-15-24)21-28(33-31-25-16-7-3-8-17-25)34-32-26-18-9-4-10-19-26/h2-20,28H,21H2,1H3. The second-order valence-corrected chi connectivity index (χ2v) is 12.6. The molecule has 0 heterocycles. The molecule has 0 fully saturated rings. The van der Waals surface area contributed by atoms with Gasteiger partial charge in [0.05, 0.1) is 10.3 Å². The summed E-state index contributed by atoms with van der Waals surface area (Å²) in [5, 5.41) is 0. The molecule has 0 aliphatic rings. The van der Waals surface area contributed by atoms with Crippen molar-refractivity contribution in [3.63, 3.8) is 0 Å². The van der Waals surface area contributed by atoms with Crippen LogP contribution >= 0.6 is 43.2 Å². The molecule has 0 aliphatic heterocycles. The van der Waals surface area contributed by atoms with Gasteiger partial charge in [0.25, 0.3) is 0 Å². The number of hydrogen-bond donors (Lipinski definition) is 0. The van der Waals surface area contributed by atoms with Crippen molar-refractivity contribution in [1.82, 2.24) is 0 Å². The smallest absolute Gasteiger partial charge is 0.197 e. The molecule has 0 N–H and O–H groups in total. The Morgan fingerprint density at radius 2 is 1.26 bits per heavy atom. The zero-order valence-electron chi connectivity index (χ0n) is 18.7. The van der Waals surface area contributed by atoms with Gasteiger partial charge in [-0.15, -0.1) is 0 Å². The first kappa shape index (κ1) is 24.9. The van der Waals surface area contributed by atoms with E-state index in [9.17, 15) is 0 Å². The van der Waals surface area contributed by atoms with Gasteiger partial charge in [0.1, 0.15) is 5.75 Å². The molecule has 0 bridgehead atoms. The van der Waals surface area contributed by atoms with E-state index in [1.54, 1.807) is 21.6 Å². The quantitative estimate of drug-likeness (QED) is 0.0897. The molecular formula is C28H25NOS4. The Hall–Kier alpha value is -2.25. The zero-order chi connectivity index (χ0) is 23.4. The highest BCUT2D eigenvalue weighted by atomic mass is 33.1. The minimum Gasteiger partial charge on any atom is -0.443 e. The number of nitrogens with zero attached hydrogens (tertiary/aromatic N) is 1. The van der Waals surface area contributed by atoms with Crippen molar-refractivity contribution < 1.29 is 4.74 Å². The van der Waals surface area contributed by atoms with E-state index < -0.39 is 0 Å². The molecule has 0 aromatic heterocycles. The predicted octanol–water partition coefficient (Wildman–Crippen LogP) is 9.70. The molecule has 0 saturated carbocycles. The van der Waals surface area contributed by atoms with Gasteiger partial charge in [-0.1, -0.05) is 110 Å². The third kappa shape index (κ3) is 8.51. The monoisotopic (exact) mass is 519 g/mol. The van der Waals surface area contributed by atoms with Crippen LogP contribution in [0.15, 0.2) is 130 Å². The molecule has 2 nitrogen and oxygen atoms in total. The lowest BCUT2D eigenvalue weighted by molar-refractivity contribution is 0.535. The molecule has 4 aromatic carbocycles. The summed E-state index contributed by atoms with van der Waals surface area (Å²) < 4.78 is 6.52. The van der Waals surface area contributed by atoms with Crippen LogP contribution in [0.5, 0.6) is 5.75 Å². The fourth-order valence-electron chi connectivity index (χ4n) is 2.97. The molecule has 0 amide bonds. The summed E-state index contributed by atoms with van der Waals surface area (Å²) in [6.45, 7) is 2.08. The van der Waals surface area contributed by atoms with Crippen LogP contribution in [0.3, 0.4) is 0 Å². The third-order valence-electron chi connectivity index (χ3n) is 4.57. The van der Waals surface area contributed by atoms with E-state index in [2.05, 4.69) is 67.6 Å². The van der Waals surface area contributed by atoms with E-state index >= 15 is 0 Å². The van der Waals surface area contributed by atoms with Crippen molar-refractivity contribution in [3.05, 3.63) is 121 Å². The van der Waals surface area contributed by atoms with Crippen LogP contribution in [0.4, 0.5) is 5.69 Å². The number of hydrogen-bond acceptors (Lipinski definition) is 6. The van der Waals surface area contributed by atoms with E-state index in [1.165, 1.54) is 15.4 Å². The highest BCUT2D eigenvalue weighted by Gasteiger charge is 2.18. The van der Waals surface area contributed by atoms with Crippen molar-refractivity contribution in [1.29, 1.82) is 0 Å². The Morgan fingerprint density at radius 3 is 1.82 bits per heavy atom. The second kappa shape index (κ2) is 13.6. The molecule has 4 rings (SSSR count). The van der Waals surface area contributed by atoms with Gasteiger partial charge in [-0.3, -0.25) is 0 Å². The molecule has 6 heteroatoms. The van der Waals surface area contributed by atoms with Crippen molar-refractivity contribution in [2.75, 3.05) is 0 Å². The Labute approximate surface area is 217 Å². The van der Waals surface area contributed by atoms with Crippen molar-refractivity contribution in [2.24, 2.45) is 4.99 Å². The van der Waals surface area contributed by atoms with Crippen LogP contribution < -0.4 is 4.74 Å². The number of para-hydroxylation sites is 1. The summed E-state index contributed by atoms with van der Waals surface area (Å²) in [6, 6.07) is 39.1. The first-order valence-electron chi connectivity index (χ1n) is 10.9. The molecule has 0 saturated heterocycles. The average molecular weight is 520 g/mol. The summed E-state index contributed by atoms with van der Waals surface area (Å²) >= 11 is 0. The molecule has 0 radical (unpaired) electrons. The van der Waals surface area contributed by atoms with Gasteiger partial charge in [-0.05, 0) is 61.0 Å². The van der Waals surface area contributed by atoms with Crippen LogP contribution in [0.2, 0.25) is 0 Å². The largest absolute Gasteiger partial charge is 0.443 e. The highest BCUT2D eigenvalue weighted by Crippen LogP contribution is 2.47. The summed E-state index contributed by atoms with van der Waals surface area (Å²) in [5.41, 5.74) is 2.09. The van der Waals surface area contributed by atoms with Gasteiger partial charge in [0.15, 0.2) is 5.90 Å². The Kier molecular flexibility index (Phi) is 9.94. The van der Waals surface area contributed by atoms with Crippen LogP contribution in [-0.2, 0) is 0 Å². The lowest BCUT2D eigenvalue weighted by Crippen LogP contribution is -2.13. The van der Waals surface area contributed by atoms with E-state index in [0.717, 1.165) is 11.4 Å². The Bertz CT molecular complexity index is 1130. The lowest BCUT2D eigenvalue weighted by atomic mass is 10.2. The van der Waals surface area contributed by atoms with Crippen LogP contribution in [0.25, 0.3) is 0 Å². The molecule has 0 spiro atoms. The van der Waals surface area contributed by atoms with Crippen LogP contribution in [0, 0.1) is 6.92 Å². The fraction of sp³-hybridized carbons (Fsp3) is 0.107. The molecule has 34 heavy (non-hydrogen) atoms. The number of rotatable bonds is 10. The SMILES string of the molecule is Cc1cccc(N=C(CC(SSc2ccccc2)SSc2ccccc2)Oc2ccccc2)c1. The van der Waals surface area contributed by atoms with Gasteiger partial charge < -0.3 is 4.74 Å². The maximum atomic E-state index is 6.30. The molecule has 0 aliphatic carbocycles. The van der Waals surface area contributed by atoms with E-state index in [0.29, 0.717) is 12.3 Å². The minimum absolute atomic E-state index is 0.225. The van der Waals surface area contributed by atoms with Gasteiger partial charge in [-0.25, -0.2) is 4.99 Å². The minimum atomic E-state index is 0.225. The zero-order valence-corrected chi connectivity index (χ0v) is 22.0. The van der Waals surface area contributed by atoms with Gasteiger partial charge in [-0.2, -0.15) is 0 Å². The lowest BCUT2D eigenvalue weighted by Gasteiger charge is -2.17. The molecular weight excluding hydrogens is 495 g/mol. The van der Waals surface area contributed by atoms with Gasteiger partial charge in [0.2, 0.25) is 0 Å². The number of benzene rings is 4. The Morgan fingerprint density at radius 1 is 0.706 bits per heavy atom. The number of ether oxygens (including phenoxy) is 1. The molecule has 0 atom stereocenters. The van der Waals surface area contributed by atoms with E-state index in [-0.39, 0.29) is 4.58 Å². The number of aryl methyl sites for hydroxylation is 1. The highest BCUT2D eigenvalue weighted by molar-refractivity contribution is 8.85. The van der Waals surface area contributed by atoms with Crippen molar-refractivity contribution in [3.8, 4) is 5.75 Å². The van der Waals surface area contributed by atoms with Gasteiger partial charge in [0, 0.05) is 16.2 Å². The van der Waals surface area contributed by atoms with Crippen molar-refractivity contribution in [2.45, 2.75) is 27.7 Å². The normalized spacial score (nSPS) is 11.5. The van der Waals surface area contributed by atoms with E-state index in [4.69, 9.17) is 9.73 Å². The first-order valence-corrected chi connectivity index (χ1v) is 15.3. The maximum Gasteiger partial charge on any atom is 0.197 e. The maximum absolute atomic E-state index is 6.30. The summed E-state index contributed by atoms with van der Waals surface area (Å²) in [4.78, 5) is 7.39. The molecule has 0 unspecified atom stereocenters. The molecule has 172 valence electrons. The van der Waals surface area contributed by atoms with Crippen molar-refractivity contribution >= 4 is 54.8 Å². The molecule has 4 aromatic rings. The first-order chi connectivity index (χ1) is 16.7. The number of aliphatic imine (C=N–C) groups is 1. The summed E-state index contributed by atoms with van der Waals surface area (Å²) in [6.07, 6.45) is 0.692. The fourth-order valence-corrected chi connectivity index (χ4v) is 8.74. The average Bonchev–Trinajstić information content (AvgIpc) is 2.87. The summed E-state index contributed by atoms with van der Waals surface area (Å²) in [5.74, 6) is 1.51. The second-order valence-electron chi connectivity index (χ2n) is 7.38. The van der Waals surface area contributed by atoms with Gasteiger partial charge >= 0.3 is 0 Å². The Balaban J connectivity index is 1.54. The van der Waals surface area contributed by atoms with Crippen LogP contribution in [-0.4, -0.2) is 10.5 Å². The predicted molar refractivity (Wildman–Crippen MR) is 154 cm³/mol. The summed E-state index contributed by atoms with van der Waals surface area (Å²) in [7, 11) is 7.27. The third-order valence-corrected chi connectivity index (χ3v) is 10.9. The topological polar surface area (TPSA) is 21.6 Å².